The summed E-state index contributed by atoms with van der Waals surface area (Å²) in [6, 6.07) is 3.57. The van der Waals surface area contributed by atoms with E-state index in [1.165, 1.54) is 11.4 Å². The summed E-state index contributed by atoms with van der Waals surface area (Å²) >= 11 is 0. The van der Waals surface area contributed by atoms with E-state index in [1.54, 1.807) is 12.1 Å². The largest absolute Gasteiger partial charge is 0.465 e. The Labute approximate surface area is 89.9 Å². The lowest BCUT2D eigenvalue weighted by atomic mass is 10.4. The van der Waals surface area contributed by atoms with Crippen LogP contribution in [0.3, 0.4) is 0 Å². The molecule has 0 saturated carbocycles. The molecule has 0 spiro atoms. The van der Waals surface area contributed by atoms with Gasteiger partial charge in [-0.2, -0.15) is 4.31 Å². The highest BCUT2D eigenvalue weighted by Crippen LogP contribution is 2.10. The van der Waals surface area contributed by atoms with Crippen molar-refractivity contribution < 1.29 is 12.8 Å². The van der Waals surface area contributed by atoms with E-state index in [1.807, 2.05) is 6.92 Å². The molecule has 0 amide bonds. The molecule has 1 heterocycles. The van der Waals surface area contributed by atoms with Crippen LogP contribution in [0.4, 0.5) is 0 Å². The highest BCUT2D eigenvalue weighted by molar-refractivity contribution is 7.89. The van der Waals surface area contributed by atoms with Gasteiger partial charge in [-0.1, -0.05) is 0 Å². The van der Waals surface area contributed by atoms with Gasteiger partial charge in [0.2, 0.25) is 10.0 Å². The van der Waals surface area contributed by atoms with Crippen LogP contribution in [0, 0.1) is 6.92 Å². The van der Waals surface area contributed by atoms with Gasteiger partial charge in [-0.15, -0.1) is 0 Å². The number of nitrogens with two attached hydrogens (primary N) is 1. The summed E-state index contributed by atoms with van der Waals surface area (Å²) < 4.78 is 29.6. The van der Waals surface area contributed by atoms with Crippen LogP contribution in [-0.4, -0.2) is 32.1 Å². The first-order valence-electron chi connectivity index (χ1n) is 4.65. The van der Waals surface area contributed by atoms with Crippen LogP contribution >= 0.6 is 0 Å². The SMILES string of the molecule is Cc1ccc(CN(C)S(=O)(=O)CCN)o1. The molecule has 0 aliphatic rings. The maximum Gasteiger partial charge on any atom is 0.215 e. The molecule has 1 aromatic heterocycles. The van der Waals surface area contributed by atoms with Crippen LogP contribution in [-0.2, 0) is 16.6 Å². The predicted molar refractivity (Wildman–Crippen MR) is 57.8 cm³/mol. The van der Waals surface area contributed by atoms with Gasteiger partial charge in [-0.25, -0.2) is 8.42 Å². The van der Waals surface area contributed by atoms with Gasteiger partial charge in [0.15, 0.2) is 0 Å². The van der Waals surface area contributed by atoms with Crippen molar-refractivity contribution in [1.29, 1.82) is 0 Å². The topological polar surface area (TPSA) is 76.5 Å². The lowest BCUT2D eigenvalue weighted by molar-refractivity contribution is 0.397. The minimum Gasteiger partial charge on any atom is -0.465 e. The van der Waals surface area contributed by atoms with Gasteiger partial charge in [-0.05, 0) is 19.1 Å². The maximum atomic E-state index is 11.5. The van der Waals surface area contributed by atoms with Gasteiger partial charge in [0.05, 0.1) is 12.3 Å². The van der Waals surface area contributed by atoms with Gasteiger partial charge in [0, 0.05) is 13.6 Å². The lowest BCUT2D eigenvalue weighted by Gasteiger charge is -2.14. The van der Waals surface area contributed by atoms with Crippen molar-refractivity contribution in [2.45, 2.75) is 13.5 Å². The highest BCUT2D eigenvalue weighted by atomic mass is 32.2. The number of nitrogens with zero attached hydrogens (tertiary/aromatic N) is 1. The fourth-order valence-electron chi connectivity index (χ4n) is 1.19. The molecule has 86 valence electrons. The maximum absolute atomic E-state index is 11.5. The molecule has 5 nitrogen and oxygen atoms in total. The molecule has 15 heavy (non-hydrogen) atoms. The summed E-state index contributed by atoms with van der Waals surface area (Å²) in [6.45, 7) is 2.19. The third kappa shape index (κ3) is 3.33. The Balaban J connectivity index is 2.67. The van der Waals surface area contributed by atoms with Crippen LogP contribution < -0.4 is 5.73 Å². The van der Waals surface area contributed by atoms with Gasteiger partial charge in [0.1, 0.15) is 11.5 Å². The van der Waals surface area contributed by atoms with Crippen LogP contribution in [0.25, 0.3) is 0 Å². The molecule has 0 saturated heterocycles. The van der Waals surface area contributed by atoms with Crippen molar-refractivity contribution in [1.82, 2.24) is 4.31 Å². The molecular weight excluding hydrogens is 216 g/mol. The molecule has 0 bridgehead atoms. The summed E-state index contributed by atoms with van der Waals surface area (Å²) in [5.41, 5.74) is 5.22. The molecule has 1 aromatic rings. The van der Waals surface area contributed by atoms with Crippen LogP contribution in [0.15, 0.2) is 16.5 Å². The Morgan fingerprint density at radius 2 is 2.13 bits per heavy atom. The molecule has 6 heteroatoms. The van der Waals surface area contributed by atoms with E-state index in [4.69, 9.17) is 10.2 Å². The van der Waals surface area contributed by atoms with Crippen molar-refractivity contribution in [2.24, 2.45) is 5.73 Å². The first kappa shape index (κ1) is 12.2. The van der Waals surface area contributed by atoms with Crippen LogP contribution in [0.2, 0.25) is 0 Å². The zero-order valence-corrected chi connectivity index (χ0v) is 9.75. The van der Waals surface area contributed by atoms with Gasteiger partial charge >= 0.3 is 0 Å². The third-order valence-electron chi connectivity index (χ3n) is 2.03. The van der Waals surface area contributed by atoms with Crippen LogP contribution in [0.1, 0.15) is 11.5 Å². The summed E-state index contributed by atoms with van der Waals surface area (Å²) in [5.74, 6) is 1.37. The zero-order valence-electron chi connectivity index (χ0n) is 8.93. The number of rotatable bonds is 5. The van der Waals surface area contributed by atoms with E-state index in [2.05, 4.69) is 0 Å². The lowest BCUT2D eigenvalue weighted by Crippen LogP contribution is -2.31. The Bertz CT molecular complexity index is 411. The number of sulfonamides is 1. The number of hydrogen-bond acceptors (Lipinski definition) is 4. The number of furan rings is 1. The van der Waals surface area contributed by atoms with Gasteiger partial charge in [0.25, 0.3) is 0 Å². The predicted octanol–water partition coefficient (Wildman–Crippen LogP) is 0.308. The van der Waals surface area contributed by atoms with E-state index >= 15 is 0 Å². The summed E-state index contributed by atoms with van der Waals surface area (Å²) in [5, 5.41) is 0. The molecule has 0 aliphatic heterocycles. The molecule has 2 N–H and O–H groups in total. The van der Waals surface area contributed by atoms with Crippen molar-refractivity contribution in [3.8, 4) is 0 Å². The normalized spacial score (nSPS) is 12.3. The molecule has 0 fully saturated rings. The van der Waals surface area contributed by atoms with Crippen LogP contribution in [0.5, 0.6) is 0 Å². The second-order valence-electron chi connectivity index (χ2n) is 3.37. The summed E-state index contributed by atoms with van der Waals surface area (Å²) in [4.78, 5) is 0. The van der Waals surface area contributed by atoms with E-state index < -0.39 is 10.0 Å². The second kappa shape index (κ2) is 4.78. The van der Waals surface area contributed by atoms with Gasteiger partial charge in [-0.3, -0.25) is 0 Å². The molecule has 0 aromatic carbocycles. The van der Waals surface area contributed by atoms with Crippen molar-refractivity contribution >= 4 is 10.0 Å². The zero-order chi connectivity index (χ0) is 11.5. The Morgan fingerprint density at radius 3 is 2.60 bits per heavy atom. The first-order chi connectivity index (χ1) is 6.95. The minimum absolute atomic E-state index is 0.0385. The monoisotopic (exact) mass is 232 g/mol. The molecule has 0 unspecified atom stereocenters. The molecule has 0 aliphatic carbocycles. The van der Waals surface area contributed by atoms with E-state index in [9.17, 15) is 8.42 Å². The smallest absolute Gasteiger partial charge is 0.215 e. The average Bonchev–Trinajstić information content (AvgIpc) is 2.51. The standard InChI is InChI=1S/C9H16N2O3S/c1-8-3-4-9(14-8)7-11(2)15(12,13)6-5-10/h3-4H,5-7,10H2,1-2H3. The van der Waals surface area contributed by atoms with E-state index in [0.29, 0.717) is 5.76 Å². The Kier molecular flexibility index (Phi) is 3.90. The van der Waals surface area contributed by atoms with E-state index in [0.717, 1.165) is 5.76 Å². The summed E-state index contributed by atoms with van der Waals surface area (Å²) in [7, 11) is -1.73. The Morgan fingerprint density at radius 1 is 1.47 bits per heavy atom. The van der Waals surface area contributed by atoms with Gasteiger partial charge < -0.3 is 10.2 Å². The van der Waals surface area contributed by atoms with Crippen molar-refractivity contribution in [3.63, 3.8) is 0 Å². The van der Waals surface area contributed by atoms with Crippen molar-refractivity contribution in [2.75, 3.05) is 19.3 Å². The molecule has 0 radical (unpaired) electrons. The molecule has 0 atom stereocenters. The number of aryl methyl sites for hydroxylation is 1. The quantitative estimate of drug-likeness (QED) is 0.792. The number of hydrogen-bond donors (Lipinski definition) is 1. The Hall–Kier alpha value is -0.850. The second-order valence-corrected chi connectivity index (χ2v) is 5.57. The molecule has 1 rings (SSSR count). The highest BCUT2D eigenvalue weighted by Gasteiger charge is 2.17. The molecular formula is C9H16N2O3S. The summed E-state index contributed by atoms with van der Waals surface area (Å²) in [6.07, 6.45) is 0. The third-order valence-corrected chi connectivity index (χ3v) is 3.86. The van der Waals surface area contributed by atoms with Crippen molar-refractivity contribution in [3.05, 3.63) is 23.7 Å². The fourth-order valence-corrected chi connectivity index (χ4v) is 2.13. The fraction of sp³-hybridized carbons (Fsp3) is 0.556. The van der Waals surface area contributed by atoms with E-state index in [-0.39, 0.29) is 18.8 Å². The average molecular weight is 232 g/mol. The first-order valence-corrected chi connectivity index (χ1v) is 6.26. The minimum atomic E-state index is -3.25.